The maximum absolute atomic E-state index is 13.8. The highest BCUT2D eigenvalue weighted by molar-refractivity contribution is 5.50. The molecule has 1 saturated heterocycles. The molecule has 17 heavy (non-hydrogen) atoms. The van der Waals surface area contributed by atoms with Gasteiger partial charge in [-0.2, -0.15) is 0 Å². The molecule has 4 heteroatoms. The van der Waals surface area contributed by atoms with Crippen molar-refractivity contribution >= 4 is 5.69 Å². The second-order valence-electron chi connectivity index (χ2n) is 4.58. The van der Waals surface area contributed by atoms with E-state index in [4.69, 9.17) is 10.5 Å². The third-order valence-electron chi connectivity index (χ3n) is 3.89. The van der Waals surface area contributed by atoms with Crippen LogP contribution >= 0.6 is 0 Å². The predicted octanol–water partition coefficient (Wildman–Crippen LogP) is 1.77. The first-order valence-electron chi connectivity index (χ1n) is 5.92. The molecule has 2 rings (SSSR count). The Morgan fingerprint density at radius 1 is 1.53 bits per heavy atom. The summed E-state index contributed by atoms with van der Waals surface area (Å²) in [5.74, 6) is -0.220. The molecule has 2 unspecified atom stereocenters. The number of hydrogen-bond donors (Lipinski definition) is 1. The first-order chi connectivity index (χ1) is 8.12. The monoisotopic (exact) mass is 238 g/mol. The Morgan fingerprint density at radius 3 is 2.76 bits per heavy atom. The highest BCUT2D eigenvalue weighted by Crippen LogP contribution is 2.34. The second kappa shape index (κ2) is 4.63. The van der Waals surface area contributed by atoms with Gasteiger partial charge >= 0.3 is 0 Å². The fraction of sp³-hybridized carbons (Fsp3) is 0.538. The summed E-state index contributed by atoms with van der Waals surface area (Å²) in [5, 5.41) is 0. The molecule has 2 atom stereocenters. The van der Waals surface area contributed by atoms with Crippen LogP contribution in [0.5, 0.6) is 0 Å². The smallest absolute Gasteiger partial charge is 0.146 e. The molecule has 94 valence electrons. The zero-order valence-electron chi connectivity index (χ0n) is 10.3. The van der Waals surface area contributed by atoms with E-state index in [0.717, 1.165) is 6.42 Å². The third kappa shape index (κ3) is 1.91. The molecule has 1 aromatic rings. The summed E-state index contributed by atoms with van der Waals surface area (Å²) in [5.41, 5.74) is 6.18. The zero-order chi connectivity index (χ0) is 12.5. The Morgan fingerprint density at radius 2 is 2.24 bits per heavy atom. The number of halogens is 1. The summed E-state index contributed by atoms with van der Waals surface area (Å²) >= 11 is 0. The van der Waals surface area contributed by atoms with E-state index in [1.165, 1.54) is 6.07 Å². The van der Waals surface area contributed by atoms with Crippen molar-refractivity contribution in [3.05, 3.63) is 30.1 Å². The van der Waals surface area contributed by atoms with Gasteiger partial charge in [0.05, 0.1) is 17.3 Å². The van der Waals surface area contributed by atoms with Gasteiger partial charge in [0.1, 0.15) is 5.82 Å². The van der Waals surface area contributed by atoms with Gasteiger partial charge < -0.3 is 15.4 Å². The normalized spacial score (nSPS) is 28.4. The molecule has 1 aromatic carbocycles. The van der Waals surface area contributed by atoms with Gasteiger partial charge in [-0.05, 0) is 25.5 Å². The van der Waals surface area contributed by atoms with Gasteiger partial charge in [-0.1, -0.05) is 12.1 Å². The van der Waals surface area contributed by atoms with Crippen molar-refractivity contribution in [1.82, 2.24) is 0 Å². The number of nitrogens with zero attached hydrogens (tertiary/aromatic N) is 1. The maximum Gasteiger partial charge on any atom is 0.146 e. The lowest BCUT2D eigenvalue weighted by atomic mass is 9.89. The van der Waals surface area contributed by atoms with Crippen LogP contribution in [0.2, 0.25) is 0 Å². The van der Waals surface area contributed by atoms with Crippen LogP contribution in [0.4, 0.5) is 10.1 Å². The molecular formula is C13H19FN2O. The lowest BCUT2D eigenvalue weighted by molar-refractivity contribution is 0.0960. The molecular weight excluding hydrogens is 219 g/mol. The summed E-state index contributed by atoms with van der Waals surface area (Å²) < 4.78 is 19.4. The fourth-order valence-corrected chi connectivity index (χ4v) is 2.58. The van der Waals surface area contributed by atoms with E-state index in [0.29, 0.717) is 18.8 Å². The first kappa shape index (κ1) is 12.3. The number of hydrogen-bond acceptors (Lipinski definition) is 3. The number of benzene rings is 1. The van der Waals surface area contributed by atoms with Crippen molar-refractivity contribution in [1.29, 1.82) is 0 Å². The average molecular weight is 238 g/mol. The molecule has 2 N–H and O–H groups in total. The lowest BCUT2D eigenvalue weighted by Crippen LogP contribution is -2.57. The van der Waals surface area contributed by atoms with Crippen molar-refractivity contribution in [2.75, 3.05) is 25.1 Å². The predicted molar refractivity (Wildman–Crippen MR) is 66.6 cm³/mol. The van der Waals surface area contributed by atoms with Crippen molar-refractivity contribution in [3.8, 4) is 0 Å². The maximum atomic E-state index is 13.8. The van der Waals surface area contributed by atoms with Gasteiger partial charge in [-0.15, -0.1) is 0 Å². The average Bonchev–Trinajstić information content (AvgIpc) is 2.71. The van der Waals surface area contributed by atoms with E-state index in [2.05, 4.69) is 0 Å². The van der Waals surface area contributed by atoms with E-state index in [-0.39, 0.29) is 17.5 Å². The largest absolute Gasteiger partial charge is 0.376 e. The number of para-hydroxylation sites is 1. The van der Waals surface area contributed by atoms with E-state index in [1.54, 1.807) is 12.1 Å². The van der Waals surface area contributed by atoms with Crippen LogP contribution < -0.4 is 10.6 Å². The Hall–Kier alpha value is -1.13. The van der Waals surface area contributed by atoms with E-state index in [9.17, 15) is 4.39 Å². The van der Waals surface area contributed by atoms with Crippen LogP contribution in [0.3, 0.4) is 0 Å². The second-order valence-corrected chi connectivity index (χ2v) is 4.58. The van der Waals surface area contributed by atoms with E-state index < -0.39 is 0 Å². The van der Waals surface area contributed by atoms with Gasteiger partial charge in [0.2, 0.25) is 0 Å². The molecule has 3 nitrogen and oxygen atoms in total. The van der Waals surface area contributed by atoms with Gasteiger partial charge in [0.25, 0.3) is 0 Å². The lowest BCUT2D eigenvalue weighted by Gasteiger charge is -2.41. The molecule has 0 aliphatic carbocycles. The summed E-state index contributed by atoms with van der Waals surface area (Å²) in [7, 11) is 1.89. The minimum absolute atomic E-state index is 0.0112. The third-order valence-corrected chi connectivity index (χ3v) is 3.89. The summed E-state index contributed by atoms with van der Waals surface area (Å²) in [6, 6.07) is 6.77. The van der Waals surface area contributed by atoms with Crippen molar-refractivity contribution in [3.63, 3.8) is 0 Å². The molecule has 1 aliphatic heterocycles. The Labute approximate surface area is 101 Å². The molecule has 1 heterocycles. The highest BCUT2D eigenvalue weighted by atomic mass is 19.1. The Bertz CT molecular complexity index is 399. The van der Waals surface area contributed by atoms with Crippen molar-refractivity contribution in [2.24, 2.45) is 5.73 Å². The van der Waals surface area contributed by atoms with Crippen molar-refractivity contribution < 1.29 is 9.13 Å². The van der Waals surface area contributed by atoms with Crippen LogP contribution in [0.1, 0.15) is 13.3 Å². The van der Waals surface area contributed by atoms with Gasteiger partial charge in [-0.25, -0.2) is 4.39 Å². The van der Waals surface area contributed by atoms with Gasteiger partial charge in [-0.3, -0.25) is 0 Å². The van der Waals surface area contributed by atoms with E-state index >= 15 is 0 Å². The number of likely N-dealkylation sites (N-methyl/N-ethyl adjacent to an activating group) is 1. The van der Waals surface area contributed by atoms with Crippen LogP contribution in [0.15, 0.2) is 24.3 Å². The Balaban J connectivity index is 2.36. The molecule has 0 amide bonds. The molecule has 0 spiro atoms. The minimum atomic E-state index is -0.303. The van der Waals surface area contributed by atoms with Gasteiger partial charge in [0.15, 0.2) is 0 Å². The Kier molecular flexibility index (Phi) is 3.35. The van der Waals surface area contributed by atoms with Crippen LogP contribution in [-0.2, 0) is 4.74 Å². The molecule has 0 aromatic heterocycles. The van der Waals surface area contributed by atoms with Gasteiger partial charge in [0, 0.05) is 20.2 Å². The quantitative estimate of drug-likeness (QED) is 0.872. The minimum Gasteiger partial charge on any atom is -0.376 e. The van der Waals surface area contributed by atoms with Crippen LogP contribution in [-0.4, -0.2) is 31.8 Å². The topological polar surface area (TPSA) is 38.5 Å². The van der Waals surface area contributed by atoms with Crippen molar-refractivity contribution in [2.45, 2.75) is 25.0 Å². The molecule has 1 fully saturated rings. The number of anilines is 1. The zero-order valence-corrected chi connectivity index (χ0v) is 10.3. The van der Waals surface area contributed by atoms with E-state index in [1.807, 2.05) is 24.9 Å². The highest BCUT2D eigenvalue weighted by Gasteiger charge is 2.44. The SMILES string of the molecule is CC1OCCC1(CN)N(C)c1ccccc1F. The molecule has 0 radical (unpaired) electrons. The molecule has 0 bridgehead atoms. The summed E-state index contributed by atoms with van der Waals surface area (Å²) in [6.45, 7) is 3.13. The number of nitrogens with two attached hydrogens (primary N) is 1. The summed E-state index contributed by atoms with van der Waals surface area (Å²) in [6.07, 6.45) is 0.840. The number of ether oxygens (including phenoxy) is 1. The standard InChI is InChI=1S/C13H19FN2O/c1-10-13(9-15,7-8-17-10)16(2)12-6-4-3-5-11(12)14/h3-6,10H,7-9,15H2,1-2H3. The fourth-order valence-electron chi connectivity index (χ4n) is 2.58. The number of rotatable bonds is 3. The van der Waals surface area contributed by atoms with Crippen LogP contribution in [0, 0.1) is 5.82 Å². The molecule has 0 saturated carbocycles. The molecule has 1 aliphatic rings. The first-order valence-corrected chi connectivity index (χ1v) is 5.92. The summed E-state index contributed by atoms with van der Waals surface area (Å²) in [4.78, 5) is 1.93. The van der Waals surface area contributed by atoms with Crippen LogP contribution in [0.25, 0.3) is 0 Å².